The van der Waals surface area contributed by atoms with Crippen molar-refractivity contribution in [3.63, 3.8) is 0 Å². The minimum Gasteiger partial charge on any atom is -0.360 e. The van der Waals surface area contributed by atoms with Crippen molar-refractivity contribution >= 4 is 28.5 Å². The summed E-state index contributed by atoms with van der Waals surface area (Å²) in [7, 11) is 0. The highest BCUT2D eigenvalue weighted by molar-refractivity contribution is 8.14. The number of hydrogen-bond acceptors (Lipinski definition) is 5. The quantitative estimate of drug-likeness (QED) is 0.604. The number of alkyl halides is 3. The predicted octanol–water partition coefficient (Wildman–Crippen LogP) is 5.19. The Morgan fingerprint density at radius 2 is 1.68 bits per heavy atom. The summed E-state index contributed by atoms with van der Waals surface area (Å²) in [6.07, 6.45) is -4.47. The van der Waals surface area contributed by atoms with Crippen molar-refractivity contribution in [2.24, 2.45) is 0 Å². The van der Waals surface area contributed by atoms with E-state index in [2.05, 4.69) is 10.5 Å². The van der Waals surface area contributed by atoms with Gasteiger partial charge in [-0.2, -0.15) is 13.2 Å². The van der Waals surface area contributed by atoms with E-state index in [1.165, 1.54) is 6.92 Å². The Hall–Kier alpha value is -3.07. The van der Waals surface area contributed by atoms with Crippen LogP contribution >= 0.6 is 11.8 Å². The van der Waals surface area contributed by atoms with Crippen LogP contribution in [0.2, 0.25) is 0 Å². The first-order chi connectivity index (χ1) is 13.3. The van der Waals surface area contributed by atoms with Crippen molar-refractivity contribution < 1.29 is 27.3 Å². The lowest BCUT2D eigenvalue weighted by Gasteiger charge is -2.09. The topological polar surface area (TPSA) is 72.2 Å². The average molecular weight is 406 g/mol. The van der Waals surface area contributed by atoms with Gasteiger partial charge in [0.25, 0.3) is 5.91 Å². The fourth-order valence-electron chi connectivity index (χ4n) is 2.36. The minimum atomic E-state index is -4.47. The predicted molar refractivity (Wildman–Crippen MR) is 97.3 cm³/mol. The Kier molecular flexibility index (Phi) is 5.55. The Balaban J connectivity index is 1.79. The Morgan fingerprint density at radius 1 is 1.04 bits per heavy atom. The number of carbonyl (C=O) groups excluding carboxylic acids is 2. The number of benzene rings is 2. The van der Waals surface area contributed by atoms with Crippen LogP contribution in [-0.4, -0.2) is 16.2 Å². The van der Waals surface area contributed by atoms with Crippen LogP contribution in [0.3, 0.4) is 0 Å². The van der Waals surface area contributed by atoms with E-state index in [0.717, 1.165) is 36.0 Å². The first-order valence-electron chi connectivity index (χ1n) is 7.98. The summed E-state index contributed by atoms with van der Waals surface area (Å²) in [5.74, 6) is -0.572. The number of aryl methyl sites for hydroxylation is 1. The number of amides is 1. The molecule has 5 nitrogen and oxygen atoms in total. The molecule has 2 aromatic carbocycles. The van der Waals surface area contributed by atoms with E-state index in [1.54, 1.807) is 30.3 Å². The fourth-order valence-corrected chi connectivity index (χ4v) is 3.10. The van der Waals surface area contributed by atoms with Gasteiger partial charge < -0.3 is 9.84 Å². The first-order valence-corrected chi connectivity index (χ1v) is 8.79. The average Bonchev–Trinajstić information content (AvgIpc) is 3.04. The Bertz CT molecular complexity index is 1000. The molecule has 144 valence electrons. The summed E-state index contributed by atoms with van der Waals surface area (Å²) < 4.78 is 42.9. The highest BCUT2D eigenvalue weighted by atomic mass is 32.2. The van der Waals surface area contributed by atoms with Gasteiger partial charge >= 0.3 is 6.18 Å². The molecule has 0 saturated heterocycles. The van der Waals surface area contributed by atoms with Gasteiger partial charge in [-0.3, -0.25) is 9.59 Å². The van der Waals surface area contributed by atoms with Crippen molar-refractivity contribution in [3.8, 4) is 0 Å². The SMILES string of the molecule is Cc1onc(C(=O)Sc2ccccc2)c1C(=O)Nc1ccc(C(F)(F)F)cc1. The lowest BCUT2D eigenvalue weighted by Crippen LogP contribution is -2.16. The number of aromatic nitrogens is 1. The van der Waals surface area contributed by atoms with Crippen molar-refractivity contribution in [2.75, 3.05) is 5.32 Å². The van der Waals surface area contributed by atoms with Crippen LogP contribution in [0.4, 0.5) is 18.9 Å². The Labute approximate surface area is 161 Å². The first kappa shape index (κ1) is 19.7. The molecule has 9 heteroatoms. The fraction of sp³-hybridized carbons (Fsp3) is 0.105. The highest BCUT2D eigenvalue weighted by Crippen LogP contribution is 2.30. The molecular weight excluding hydrogens is 393 g/mol. The van der Waals surface area contributed by atoms with Gasteiger partial charge in [-0.05, 0) is 55.1 Å². The zero-order chi connectivity index (χ0) is 20.3. The molecule has 0 aliphatic carbocycles. The number of nitrogens with one attached hydrogen (secondary N) is 1. The lowest BCUT2D eigenvalue weighted by molar-refractivity contribution is -0.137. The number of anilines is 1. The largest absolute Gasteiger partial charge is 0.416 e. The van der Waals surface area contributed by atoms with Crippen LogP contribution in [0.5, 0.6) is 0 Å². The van der Waals surface area contributed by atoms with E-state index >= 15 is 0 Å². The molecule has 0 atom stereocenters. The molecule has 3 rings (SSSR count). The van der Waals surface area contributed by atoms with Crippen LogP contribution in [0, 0.1) is 6.92 Å². The summed E-state index contributed by atoms with van der Waals surface area (Å²) in [5.41, 5.74) is -0.904. The van der Waals surface area contributed by atoms with Crippen LogP contribution in [0.25, 0.3) is 0 Å². The normalized spacial score (nSPS) is 11.3. The number of carbonyl (C=O) groups is 2. The van der Waals surface area contributed by atoms with Crippen LogP contribution in [0.15, 0.2) is 64.0 Å². The molecule has 0 radical (unpaired) electrons. The van der Waals surface area contributed by atoms with Gasteiger partial charge in [0, 0.05) is 10.6 Å². The number of hydrogen-bond donors (Lipinski definition) is 1. The molecule has 0 bridgehead atoms. The van der Waals surface area contributed by atoms with Crippen molar-refractivity contribution in [1.82, 2.24) is 5.16 Å². The second-order valence-corrected chi connectivity index (χ2v) is 6.74. The smallest absolute Gasteiger partial charge is 0.360 e. The van der Waals surface area contributed by atoms with Crippen LogP contribution in [0.1, 0.15) is 32.2 Å². The van der Waals surface area contributed by atoms with Crippen molar-refractivity contribution in [1.29, 1.82) is 0 Å². The highest BCUT2D eigenvalue weighted by Gasteiger charge is 2.30. The molecule has 0 saturated carbocycles. The standard InChI is InChI=1S/C19H13F3N2O3S/c1-11-15(16(24-27-11)18(26)28-14-5-3-2-4-6-14)17(25)23-13-9-7-12(8-10-13)19(20,21)22/h2-10H,1H3,(H,23,25). The van der Waals surface area contributed by atoms with Gasteiger partial charge in [-0.25, -0.2) is 0 Å². The third kappa shape index (κ3) is 4.42. The van der Waals surface area contributed by atoms with Gasteiger partial charge in [-0.15, -0.1) is 0 Å². The number of rotatable bonds is 4. The van der Waals surface area contributed by atoms with Gasteiger partial charge in [0.2, 0.25) is 5.12 Å². The van der Waals surface area contributed by atoms with Gasteiger partial charge in [-0.1, -0.05) is 23.4 Å². The molecule has 1 amide bonds. The number of nitrogens with zero attached hydrogens (tertiary/aromatic N) is 1. The molecule has 0 unspecified atom stereocenters. The summed E-state index contributed by atoms with van der Waals surface area (Å²) in [5, 5.41) is 5.64. The lowest BCUT2D eigenvalue weighted by atomic mass is 10.1. The molecule has 0 spiro atoms. The third-order valence-corrected chi connectivity index (χ3v) is 4.59. The second kappa shape index (κ2) is 7.89. The molecule has 28 heavy (non-hydrogen) atoms. The molecule has 1 N–H and O–H groups in total. The molecule has 0 aliphatic rings. The van der Waals surface area contributed by atoms with E-state index < -0.39 is 22.8 Å². The zero-order valence-electron chi connectivity index (χ0n) is 14.4. The van der Waals surface area contributed by atoms with Gasteiger partial charge in [0.1, 0.15) is 11.3 Å². The van der Waals surface area contributed by atoms with E-state index in [4.69, 9.17) is 4.52 Å². The van der Waals surface area contributed by atoms with Crippen molar-refractivity contribution in [3.05, 3.63) is 77.2 Å². The number of halogens is 3. The van der Waals surface area contributed by atoms with E-state index in [9.17, 15) is 22.8 Å². The maximum Gasteiger partial charge on any atom is 0.416 e. The molecule has 3 aromatic rings. The van der Waals surface area contributed by atoms with Gasteiger partial charge in [0.05, 0.1) is 5.56 Å². The molecule has 1 heterocycles. The summed E-state index contributed by atoms with van der Waals surface area (Å²) in [6, 6.07) is 12.8. The van der Waals surface area contributed by atoms with Crippen LogP contribution in [-0.2, 0) is 6.18 Å². The summed E-state index contributed by atoms with van der Waals surface area (Å²) in [6.45, 7) is 1.47. The summed E-state index contributed by atoms with van der Waals surface area (Å²) in [4.78, 5) is 25.7. The second-order valence-electron chi connectivity index (χ2n) is 5.69. The number of thioether (sulfide) groups is 1. The Morgan fingerprint density at radius 3 is 2.29 bits per heavy atom. The molecule has 1 aromatic heterocycles. The molecule has 0 aliphatic heterocycles. The minimum absolute atomic E-state index is 0.0617. The maximum absolute atomic E-state index is 12.6. The van der Waals surface area contributed by atoms with Gasteiger partial charge in [0.15, 0.2) is 5.69 Å². The van der Waals surface area contributed by atoms with E-state index in [0.29, 0.717) is 4.90 Å². The summed E-state index contributed by atoms with van der Waals surface area (Å²) >= 11 is 0.886. The monoisotopic (exact) mass is 406 g/mol. The third-order valence-electron chi connectivity index (χ3n) is 3.71. The van der Waals surface area contributed by atoms with E-state index in [-0.39, 0.29) is 22.7 Å². The van der Waals surface area contributed by atoms with E-state index in [1.807, 2.05) is 0 Å². The van der Waals surface area contributed by atoms with Crippen LogP contribution < -0.4 is 5.32 Å². The molecule has 0 fully saturated rings. The zero-order valence-corrected chi connectivity index (χ0v) is 15.2. The molecular formula is C19H13F3N2O3S. The maximum atomic E-state index is 12.6. The van der Waals surface area contributed by atoms with Crippen molar-refractivity contribution in [2.45, 2.75) is 18.0 Å².